The van der Waals surface area contributed by atoms with Crippen LogP contribution in [-0.4, -0.2) is 17.6 Å². The van der Waals surface area contributed by atoms with Crippen LogP contribution in [-0.2, 0) is 6.42 Å². The van der Waals surface area contributed by atoms with Crippen molar-refractivity contribution < 1.29 is 13.7 Å². The molecule has 2 aromatic carbocycles. The van der Waals surface area contributed by atoms with Crippen molar-refractivity contribution in [3.63, 3.8) is 0 Å². The Morgan fingerprint density at radius 2 is 1.91 bits per heavy atom. The Morgan fingerprint density at radius 1 is 1.13 bits per heavy atom. The van der Waals surface area contributed by atoms with Crippen LogP contribution in [0.3, 0.4) is 0 Å². The topological polar surface area (TPSA) is 46.3 Å². The largest absolute Gasteiger partial charge is 0.355 e. The molecule has 0 bridgehead atoms. The molecule has 1 amide bonds. The summed E-state index contributed by atoms with van der Waals surface area (Å²) in [5.41, 5.74) is 3.08. The van der Waals surface area contributed by atoms with Crippen molar-refractivity contribution in [1.29, 1.82) is 0 Å². The number of nitrogens with zero attached hydrogens (tertiary/aromatic N) is 2. The van der Waals surface area contributed by atoms with Gasteiger partial charge < -0.3 is 9.42 Å². The third kappa shape index (κ3) is 2.30. The highest BCUT2D eigenvalue weighted by molar-refractivity contribution is 6.10. The highest BCUT2D eigenvalue weighted by atomic mass is 19.1. The van der Waals surface area contributed by atoms with Crippen molar-refractivity contribution in [3.8, 4) is 11.3 Å². The quantitative estimate of drug-likeness (QED) is 0.725. The molecule has 1 aliphatic rings. The molecule has 0 aliphatic carbocycles. The highest BCUT2D eigenvalue weighted by Crippen LogP contribution is 2.31. The number of fused-ring (bicyclic) bond motifs is 1. The minimum absolute atomic E-state index is 0.157. The van der Waals surface area contributed by atoms with Gasteiger partial charge in [0.2, 0.25) is 0 Å². The van der Waals surface area contributed by atoms with Gasteiger partial charge in [0.25, 0.3) is 5.91 Å². The first-order chi connectivity index (χ1) is 11.2. The number of hydrogen-bond donors (Lipinski definition) is 0. The normalized spacial score (nSPS) is 13.2. The van der Waals surface area contributed by atoms with E-state index in [1.54, 1.807) is 17.0 Å². The number of hydrogen-bond acceptors (Lipinski definition) is 3. The van der Waals surface area contributed by atoms with Crippen LogP contribution < -0.4 is 4.90 Å². The van der Waals surface area contributed by atoms with Gasteiger partial charge in [0.15, 0.2) is 5.76 Å². The molecule has 0 fully saturated rings. The molecule has 4 rings (SSSR count). The van der Waals surface area contributed by atoms with Crippen LogP contribution in [0.25, 0.3) is 11.3 Å². The van der Waals surface area contributed by atoms with Crippen LogP contribution in [0.15, 0.2) is 59.3 Å². The molecular formula is C18H13FN2O2. The smallest absolute Gasteiger partial charge is 0.263 e. The number of benzene rings is 2. The molecule has 0 saturated heterocycles. The minimum Gasteiger partial charge on any atom is -0.355 e. The van der Waals surface area contributed by atoms with E-state index in [1.807, 2.05) is 24.3 Å². The number of rotatable bonds is 2. The summed E-state index contributed by atoms with van der Waals surface area (Å²) in [4.78, 5) is 14.6. The Balaban J connectivity index is 1.71. The summed E-state index contributed by atoms with van der Waals surface area (Å²) in [6, 6.07) is 13.7. The van der Waals surface area contributed by atoms with Crippen molar-refractivity contribution in [3.05, 3.63) is 71.7 Å². The van der Waals surface area contributed by atoms with Crippen LogP contribution in [0.4, 0.5) is 10.1 Å². The Morgan fingerprint density at radius 3 is 2.74 bits per heavy atom. The summed E-state index contributed by atoms with van der Waals surface area (Å²) in [5, 5.41) is 3.75. The first-order valence-electron chi connectivity index (χ1n) is 7.34. The molecule has 2 heterocycles. The second-order valence-electron chi connectivity index (χ2n) is 5.41. The van der Waals surface area contributed by atoms with Gasteiger partial charge in [0.1, 0.15) is 11.4 Å². The van der Waals surface area contributed by atoms with E-state index in [0.717, 1.165) is 17.7 Å². The lowest BCUT2D eigenvalue weighted by molar-refractivity contribution is 0.0989. The van der Waals surface area contributed by atoms with Crippen molar-refractivity contribution in [2.75, 3.05) is 11.4 Å². The molecule has 0 unspecified atom stereocenters. The monoisotopic (exact) mass is 308 g/mol. The standard InChI is InChI=1S/C18H13FN2O2/c19-14-7-5-13(6-8-14)17-15(11-20-23-17)18(22)21-10-9-12-3-1-2-4-16(12)21/h1-8,11H,9-10H2. The summed E-state index contributed by atoms with van der Waals surface area (Å²) in [6.07, 6.45) is 2.25. The van der Waals surface area contributed by atoms with Gasteiger partial charge in [-0.05, 0) is 42.3 Å². The molecule has 4 nitrogen and oxygen atoms in total. The lowest BCUT2D eigenvalue weighted by Crippen LogP contribution is -2.28. The molecule has 0 saturated carbocycles. The van der Waals surface area contributed by atoms with Crippen LogP contribution in [0.2, 0.25) is 0 Å². The lowest BCUT2D eigenvalue weighted by Gasteiger charge is -2.16. The molecule has 0 spiro atoms. The van der Waals surface area contributed by atoms with Crippen LogP contribution in [0, 0.1) is 5.82 Å². The summed E-state index contributed by atoms with van der Waals surface area (Å²) >= 11 is 0. The Bertz CT molecular complexity index is 871. The van der Waals surface area contributed by atoms with E-state index >= 15 is 0 Å². The number of anilines is 1. The van der Waals surface area contributed by atoms with E-state index in [9.17, 15) is 9.18 Å². The van der Waals surface area contributed by atoms with Crippen molar-refractivity contribution >= 4 is 11.6 Å². The van der Waals surface area contributed by atoms with Gasteiger partial charge in [-0.25, -0.2) is 4.39 Å². The molecule has 23 heavy (non-hydrogen) atoms. The zero-order chi connectivity index (χ0) is 15.8. The van der Waals surface area contributed by atoms with Crippen molar-refractivity contribution in [1.82, 2.24) is 5.16 Å². The number of para-hydroxylation sites is 1. The van der Waals surface area contributed by atoms with Crippen LogP contribution >= 0.6 is 0 Å². The minimum atomic E-state index is -0.338. The van der Waals surface area contributed by atoms with Gasteiger partial charge in [-0.2, -0.15) is 0 Å². The van der Waals surface area contributed by atoms with Gasteiger partial charge >= 0.3 is 0 Å². The molecule has 114 valence electrons. The summed E-state index contributed by atoms with van der Waals surface area (Å²) < 4.78 is 18.3. The van der Waals surface area contributed by atoms with Crippen LogP contribution in [0.5, 0.6) is 0 Å². The Labute approximate surface area is 132 Å². The van der Waals surface area contributed by atoms with Gasteiger partial charge in [0.05, 0.1) is 6.20 Å². The van der Waals surface area contributed by atoms with Crippen LogP contribution in [0.1, 0.15) is 15.9 Å². The fourth-order valence-corrected chi connectivity index (χ4v) is 2.90. The molecule has 1 aromatic heterocycles. The number of amides is 1. The second-order valence-corrected chi connectivity index (χ2v) is 5.41. The number of aromatic nitrogens is 1. The first-order valence-corrected chi connectivity index (χ1v) is 7.34. The Hall–Kier alpha value is -2.95. The van der Waals surface area contributed by atoms with Gasteiger partial charge in [-0.3, -0.25) is 4.79 Å². The molecule has 3 aromatic rings. The number of halogens is 1. The van der Waals surface area contributed by atoms with Gasteiger partial charge in [0, 0.05) is 17.8 Å². The molecular weight excluding hydrogens is 295 g/mol. The summed E-state index contributed by atoms with van der Waals surface area (Å²) in [6.45, 7) is 0.631. The molecule has 5 heteroatoms. The van der Waals surface area contributed by atoms with E-state index in [1.165, 1.54) is 18.3 Å². The maximum Gasteiger partial charge on any atom is 0.263 e. The number of carbonyl (C=O) groups excluding carboxylic acids is 1. The third-order valence-electron chi connectivity index (χ3n) is 4.04. The summed E-state index contributed by atoms with van der Waals surface area (Å²) in [5.74, 6) is -0.135. The maximum absolute atomic E-state index is 13.1. The Kier molecular flexibility index (Phi) is 3.19. The van der Waals surface area contributed by atoms with Gasteiger partial charge in [-0.15, -0.1) is 0 Å². The SMILES string of the molecule is O=C(c1cnoc1-c1ccc(F)cc1)N1CCc2ccccc21. The lowest BCUT2D eigenvalue weighted by atomic mass is 10.1. The second kappa shape index (κ2) is 5.35. The predicted molar refractivity (Wildman–Crippen MR) is 83.7 cm³/mol. The predicted octanol–water partition coefficient (Wildman–Crippen LogP) is 3.68. The molecule has 0 N–H and O–H groups in total. The van der Waals surface area contributed by atoms with Gasteiger partial charge in [-0.1, -0.05) is 23.4 Å². The van der Waals surface area contributed by atoms with Crippen molar-refractivity contribution in [2.45, 2.75) is 6.42 Å². The zero-order valence-corrected chi connectivity index (χ0v) is 12.2. The fourth-order valence-electron chi connectivity index (χ4n) is 2.90. The van der Waals surface area contributed by atoms with E-state index in [-0.39, 0.29) is 11.7 Å². The van der Waals surface area contributed by atoms with E-state index in [2.05, 4.69) is 5.16 Å². The number of carbonyl (C=O) groups is 1. The zero-order valence-electron chi connectivity index (χ0n) is 12.2. The van der Waals surface area contributed by atoms with E-state index in [4.69, 9.17) is 4.52 Å². The maximum atomic E-state index is 13.1. The van der Waals surface area contributed by atoms with Crippen molar-refractivity contribution in [2.24, 2.45) is 0 Å². The molecule has 1 aliphatic heterocycles. The average Bonchev–Trinajstić information content (AvgIpc) is 3.22. The highest BCUT2D eigenvalue weighted by Gasteiger charge is 2.28. The summed E-state index contributed by atoms with van der Waals surface area (Å²) in [7, 11) is 0. The molecule has 0 radical (unpaired) electrons. The first kappa shape index (κ1) is 13.7. The average molecular weight is 308 g/mol. The molecule has 0 atom stereocenters. The van der Waals surface area contributed by atoms with E-state index in [0.29, 0.717) is 23.4 Å². The fraction of sp³-hybridized carbons (Fsp3) is 0.111. The van der Waals surface area contributed by atoms with E-state index < -0.39 is 0 Å². The third-order valence-corrected chi connectivity index (χ3v) is 4.04.